The van der Waals surface area contributed by atoms with E-state index in [2.05, 4.69) is 211 Å². The first kappa shape index (κ1) is 34.3. The molecule has 0 saturated carbocycles. The van der Waals surface area contributed by atoms with Crippen LogP contribution in [0, 0.1) is 0 Å². The van der Waals surface area contributed by atoms with Crippen LogP contribution in [0.4, 0.5) is 0 Å². The smallest absolute Gasteiger partial charge is 0.160 e. The molecule has 0 unspecified atom stereocenters. The lowest BCUT2D eigenvalue weighted by atomic mass is 9.94. The molecule has 0 bridgehead atoms. The summed E-state index contributed by atoms with van der Waals surface area (Å²) in [5.74, 6) is 0.679. The second-order valence-electron chi connectivity index (χ2n) is 14.8. The Morgan fingerprint density at radius 3 is 1.54 bits per heavy atom. The minimum absolute atomic E-state index is 0.679. The van der Waals surface area contributed by atoms with Crippen molar-refractivity contribution in [1.29, 1.82) is 0 Å². The number of aromatic nitrogens is 4. The zero-order chi connectivity index (χ0) is 39.1. The third-order valence-corrected chi connectivity index (χ3v) is 11.2. The Kier molecular flexibility index (Phi) is 8.45. The normalized spacial score (nSPS) is 11.4. The maximum atomic E-state index is 5.47. The van der Waals surface area contributed by atoms with Crippen molar-refractivity contribution in [3.05, 3.63) is 218 Å². The predicted molar refractivity (Wildman–Crippen MR) is 244 cm³/mol. The van der Waals surface area contributed by atoms with Gasteiger partial charge in [0, 0.05) is 44.1 Å². The van der Waals surface area contributed by atoms with E-state index < -0.39 is 0 Å². The Bertz CT molecular complexity index is 3280. The fourth-order valence-corrected chi connectivity index (χ4v) is 8.41. The lowest BCUT2D eigenvalue weighted by Gasteiger charge is -2.15. The quantitative estimate of drug-likeness (QED) is 0.163. The van der Waals surface area contributed by atoms with E-state index in [9.17, 15) is 0 Å². The first-order valence-corrected chi connectivity index (χ1v) is 19.9. The second kappa shape index (κ2) is 14.5. The van der Waals surface area contributed by atoms with Crippen LogP contribution in [0.3, 0.4) is 0 Å². The minimum Gasteiger partial charge on any atom is -0.307 e. The second-order valence-corrected chi connectivity index (χ2v) is 14.8. The molecule has 276 valence electrons. The molecule has 0 radical (unpaired) electrons. The van der Waals surface area contributed by atoms with Crippen molar-refractivity contribution in [3.8, 4) is 73.1 Å². The topological polar surface area (TPSA) is 43.6 Å². The van der Waals surface area contributed by atoms with Crippen LogP contribution in [-0.2, 0) is 0 Å². The molecule has 4 heteroatoms. The summed E-state index contributed by atoms with van der Waals surface area (Å²) in [6, 6.07) is 76.6. The fourth-order valence-electron chi connectivity index (χ4n) is 8.41. The van der Waals surface area contributed by atoms with Gasteiger partial charge in [0.1, 0.15) is 0 Å². The predicted octanol–water partition coefficient (Wildman–Crippen LogP) is 14.1. The van der Waals surface area contributed by atoms with E-state index in [1.54, 1.807) is 0 Å². The Hall–Kier alpha value is -7.95. The first-order chi connectivity index (χ1) is 29.3. The van der Waals surface area contributed by atoms with Gasteiger partial charge in [-0.1, -0.05) is 188 Å². The molecule has 11 rings (SSSR count). The molecule has 11 aromatic rings. The molecule has 0 spiro atoms. The van der Waals surface area contributed by atoms with Crippen molar-refractivity contribution in [3.63, 3.8) is 0 Å². The Balaban J connectivity index is 1.05. The van der Waals surface area contributed by atoms with Crippen LogP contribution in [-0.4, -0.2) is 19.5 Å². The highest BCUT2D eigenvalue weighted by Crippen LogP contribution is 2.43. The van der Waals surface area contributed by atoms with Crippen LogP contribution < -0.4 is 0 Å². The van der Waals surface area contributed by atoms with Gasteiger partial charge in [0.05, 0.1) is 33.6 Å². The molecule has 0 aliphatic carbocycles. The molecule has 0 N–H and O–H groups in total. The maximum Gasteiger partial charge on any atom is 0.160 e. The zero-order valence-electron chi connectivity index (χ0n) is 32.1. The number of benzene rings is 8. The number of nitrogens with zero attached hydrogens (tertiary/aromatic N) is 4. The summed E-state index contributed by atoms with van der Waals surface area (Å²) in [7, 11) is 0. The van der Waals surface area contributed by atoms with Crippen molar-refractivity contribution >= 4 is 32.7 Å². The molecule has 4 nitrogen and oxygen atoms in total. The van der Waals surface area contributed by atoms with Crippen molar-refractivity contribution in [2.45, 2.75) is 0 Å². The lowest BCUT2D eigenvalue weighted by molar-refractivity contribution is 1.17. The van der Waals surface area contributed by atoms with Gasteiger partial charge in [-0.05, 0) is 52.6 Å². The monoisotopic (exact) mass is 752 g/mol. The van der Waals surface area contributed by atoms with Crippen molar-refractivity contribution in [1.82, 2.24) is 19.5 Å². The van der Waals surface area contributed by atoms with Gasteiger partial charge in [0.25, 0.3) is 0 Å². The van der Waals surface area contributed by atoms with Crippen LogP contribution >= 0.6 is 0 Å². The van der Waals surface area contributed by atoms with E-state index >= 15 is 0 Å². The number of hydrogen-bond acceptors (Lipinski definition) is 3. The first-order valence-electron chi connectivity index (χ1n) is 19.9. The third kappa shape index (κ3) is 6.15. The highest BCUT2D eigenvalue weighted by Gasteiger charge is 2.22. The van der Waals surface area contributed by atoms with Crippen molar-refractivity contribution in [2.24, 2.45) is 0 Å². The average molecular weight is 753 g/mol. The summed E-state index contributed by atoms with van der Waals surface area (Å²) in [5, 5.41) is 3.55. The molecule has 0 aliphatic heterocycles. The number of para-hydroxylation sites is 3. The van der Waals surface area contributed by atoms with Crippen LogP contribution in [0.2, 0.25) is 0 Å². The molecule has 0 aliphatic rings. The summed E-state index contributed by atoms with van der Waals surface area (Å²) in [6.45, 7) is 0. The van der Waals surface area contributed by atoms with Gasteiger partial charge in [0.15, 0.2) is 5.82 Å². The molecule has 0 saturated heterocycles. The third-order valence-electron chi connectivity index (χ3n) is 11.2. The molecular weight excluding hydrogens is 717 g/mol. The molecule has 59 heavy (non-hydrogen) atoms. The van der Waals surface area contributed by atoms with Gasteiger partial charge in [-0.3, -0.25) is 0 Å². The van der Waals surface area contributed by atoms with E-state index in [1.165, 1.54) is 21.9 Å². The molecule has 3 heterocycles. The summed E-state index contributed by atoms with van der Waals surface area (Å²) < 4.78 is 2.38. The van der Waals surface area contributed by atoms with E-state index in [0.717, 1.165) is 78.1 Å². The zero-order valence-corrected chi connectivity index (χ0v) is 32.1. The SMILES string of the molecule is c1ccc(-c2ccc(-c3cc(-c4ccccc4)nc(-c4ccc(-c5ccccc5-c5nc6ccccc6c6c7ccccc7n(-c7ccccc7)c56)cc4)n3)cc2)cc1. The molecule has 0 fully saturated rings. The van der Waals surface area contributed by atoms with Crippen LogP contribution in [0.15, 0.2) is 218 Å². The summed E-state index contributed by atoms with van der Waals surface area (Å²) in [4.78, 5) is 15.8. The van der Waals surface area contributed by atoms with Gasteiger partial charge in [-0.15, -0.1) is 0 Å². The van der Waals surface area contributed by atoms with Gasteiger partial charge in [-0.25, -0.2) is 15.0 Å². The van der Waals surface area contributed by atoms with E-state index in [-0.39, 0.29) is 0 Å². The Morgan fingerprint density at radius 1 is 0.339 bits per heavy atom. The van der Waals surface area contributed by atoms with Crippen LogP contribution in [0.1, 0.15) is 0 Å². The highest BCUT2D eigenvalue weighted by molar-refractivity contribution is 6.24. The van der Waals surface area contributed by atoms with Gasteiger partial charge < -0.3 is 4.57 Å². The van der Waals surface area contributed by atoms with Gasteiger partial charge >= 0.3 is 0 Å². The average Bonchev–Trinajstić information content (AvgIpc) is 3.68. The van der Waals surface area contributed by atoms with E-state index in [0.29, 0.717) is 5.82 Å². The van der Waals surface area contributed by atoms with Crippen molar-refractivity contribution < 1.29 is 0 Å². The van der Waals surface area contributed by atoms with Gasteiger partial charge in [-0.2, -0.15) is 0 Å². The minimum atomic E-state index is 0.679. The maximum absolute atomic E-state index is 5.47. The largest absolute Gasteiger partial charge is 0.307 e. The number of hydrogen-bond donors (Lipinski definition) is 0. The van der Waals surface area contributed by atoms with E-state index in [1.807, 2.05) is 12.1 Å². The molecule has 8 aromatic carbocycles. The fraction of sp³-hybridized carbons (Fsp3) is 0. The summed E-state index contributed by atoms with van der Waals surface area (Å²) in [6.07, 6.45) is 0. The molecule has 0 amide bonds. The molecular formula is C55H36N4. The van der Waals surface area contributed by atoms with Crippen LogP contribution in [0.25, 0.3) is 106 Å². The Morgan fingerprint density at radius 2 is 0.831 bits per heavy atom. The molecule has 3 aromatic heterocycles. The standard InChI is InChI=1S/C55H36N4/c1-4-16-37(17-5-1)38-28-32-41(33-29-38)50-36-49(40-18-6-2-7-19-40)57-55(58-50)42-34-30-39(31-35-42)44-22-10-11-23-45(44)53-54-52(46-24-12-14-26-48(46)56-53)47-25-13-15-27-51(47)59(54)43-20-8-3-9-21-43/h1-36H. The molecule has 0 atom stereocenters. The number of fused-ring (bicyclic) bond motifs is 5. The lowest BCUT2D eigenvalue weighted by Crippen LogP contribution is -1.98. The van der Waals surface area contributed by atoms with Crippen LogP contribution in [0.5, 0.6) is 0 Å². The van der Waals surface area contributed by atoms with E-state index in [4.69, 9.17) is 15.0 Å². The summed E-state index contributed by atoms with van der Waals surface area (Å²) in [5.41, 5.74) is 15.7. The highest BCUT2D eigenvalue weighted by atomic mass is 15.0. The number of rotatable bonds is 7. The summed E-state index contributed by atoms with van der Waals surface area (Å²) >= 11 is 0. The van der Waals surface area contributed by atoms with Gasteiger partial charge in [0.2, 0.25) is 0 Å². The van der Waals surface area contributed by atoms with Crippen molar-refractivity contribution in [2.75, 3.05) is 0 Å². The Labute approximate surface area is 342 Å². The number of pyridine rings is 1.